The largest absolute Gasteiger partial charge is 0.495 e. The lowest BCUT2D eigenvalue weighted by Gasteiger charge is -2.21. The van der Waals surface area contributed by atoms with E-state index in [9.17, 15) is 9.59 Å². The molecule has 0 aliphatic carbocycles. The summed E-state index contributed by atoms with van der Waals surface area (Å²) in [5.74, 6) is 0.587. The summed E-state index contributed by atoms with van der Waals surface area (Å²) in [5, 5.41) is 7.74. The molecule has 2 aromatic heterocycles. The topological polar surface area (TPSA) is 112 Å². The molecule has 0 radical (unpaired) electrons. The molecule has 182 valence electrons. The van der Waals surface area contributed by atoms with E-state index in [2.05, 4.69) is 46.4 Å². The minimum absolute atomic E-state index is 0.0729. The summed E-state index contributed by atoms with van der Waals surface area (Å²) in [4.78, 5) is 34.4. The molecule has 5 aromatic rings. The van der Waals surface area contributed by atoms with E-state index in [1.807, 2.05) is 60.7 Å². The van der Waals surface area contributed by atoms with Gasteiger partial charge >= 0.3 is 11.7 Å². The summed E-state index contributed by atoms with van der Waals surface area (Å²) in [6, 6.07) is 18.9. The number of fused-ring (bicyclic) bond motifs is 2. The number of nitrogens with one attached hydrogen (secondary N) is 4. The predicted octanol–water partition coefficient (Wildman–Crippen LogP) is 6.02. The van der Waals surface area contributed by atoms with Crippen LogP contribution in [0.5, 0.6) is 5.75 Å². The molecule has 3 aromatic carbocycles. The highest BCUT2D eigenvalue weighted by atomic mass is 16.5. The van der Waals surface area contributed by atoms with Crippen LogP contribution in [0.3, 0.4) is 0 Å². The maximum Gasteiger partial charge on any atom is 0.325 e. The molecule has 2 heterocycles. The number of carbonyl (C=O) groups excluding carboxylic acids is 1. The van der Waals surface area contributed by atoms with Crippen LogP contribution in [0.25, 0.3) is 33.1 Å². The van der Waals surface area contributed by atoms with Crippen LogP contribution in [0.4, 0.5) is 16.2 Å². The molecule has 0 saturated carbocycles. The maximum absolute atomic E-state index is 13.0. The number of anilines is 2. The summed E-state index contributed by atoms with van der Waals surface area (Å²) in [7, 11) is 1.58. The lowest BCUT2D eigenvalue weighted by atomic mass is 9.87. The van der Waals surface area contributed by atoms with Crippen molar-refractivity contribution in [2.45, 2.75) is 26.2 Å². The molecule has 5 rings (SSSR count). The third kappa shape index (κ3) is 4.40. The molecule has 0 aliphatic rings. The summed E-state index contributed by atoms with van der Waals surface area (Å²) in [6.07, 6.45) is 1.72. The fourth-order valence-electron chi connectivity index (χ4n) is 4.28. The Balaban J connectivity index is 1.47. The number of rotatable bonds is 4. The molecule has 0 bridgehead atoms. The van der Waals surface area contributed by atoms with Gasteiger partial charge in [0.15, 0.2) is 5.65 Å². The van der Waals surface area contributed by atoms with Gasteiger partial charge in [-0.2, -0.15) is 0 Å². The van der Waals surface area contributed by atoms with Crippen LogP contribution in [-0.4, -0.2) is 28.1 Å². The molecule has 0 atom stereocenters. The molecule has 4 N–H and O–H groups in total. The first-order chi connectivity index (χ1) is 17.2. The normalized spacial score (nSPS) is 11.6. The lowest BCUT2D eigenvalue weighted by Crippen LogP contribution is -2.21. The van der Waals surface area contributed by atoms with Crippen LogP contribution in [-0.2, 0) is 5.41 Å². The molecule has 36 heavy (non-hydrogen) atoms. The van der Waals surface area contributed by atoms with Crippen molar-refractivity contribution in [2.75, 3.05) is 17.7 Å². The molecule has 0 unspecified atom stereocenters. The molecule has 8 nitrogen and oxygen atoms in total. The zero-order valence-electron chi connectivity index (χ0n) is 20.5. The molecular weight excluding hydrogens is 454 g/mol. The minimum atomic E-state index is -0.370. The fourth-order valence-corrected chi connectivity index (χ4v) is 4.28. The Morgan fingerprint density at radius 3 is 2.42 bits per heavy atom. The quantitative estimate of drug-likeness (QED) is 0.251. The number of nitrogens with zero attached hydrogens (tertiary/aromatic N) is 1. The van der Waals surface area contributed by atoms with Gasteiger partial charge in [0.25, 0.3) is 0 Å². The molecule has 0 fully saturated rings. The first-order valence-electron chi connectivity index (χ1n) is 11.6. The first kappa shape index (κ1) is 23.2. The zero-order chi connectivity index (χ0) is 25.4. The van der Waals surface area contributed by atoms with Crippen molar-refractivity contribution < 1.29 is 9.53 Å². The van der Waals surface area contributed by atoms with Gasteiger partial charge in [-0.05, 0) is 46.2 Å². The fraction of sp³-hybridized carbons (Fsp3) is 0.179. The number of imidazole rings is 1. The third-order valence-electron chi connectivity index (χ3n) is 6.16. The van der Waals surface area contributed by atoms with Crippen LogP contribution in [0.15, 0.2) is 71.7 Å². The van der Waals surface area contributed by atoms with Crippen LogP contribution >= 0.6 is 0 Å². The van der Waals surface area contributed by atoms with Gasteiger partial charge in [-0.15, -0.1) is 0 Å². The number of urea groups is 1. The van der Waals surface area contributed by atoms with Crippen molar-refractivity contribution in [3.8, 4) is 16.9 Å². The second-order valence-electron chi connectivity index (χ2n) is 9.65. The molecule has 0 aliphatic heterocycles. The van der Waals surface area contributed by atoms with Crippen molar-refractivity contribution in [3.05, 3.63) is 82.9 Å². The number of aromatic amines is 2. The average Bonchev–Trinajstić information content (AvgIpc) is 3.23. The predicted molar refractivity (Wildman–Crippen MR) is 144 cm³/mol. The first-order valence-corrected chi connectivity index (χ1v) is 11.6. The molecule has 2 amide bonds. The van der Waals surface area contributed by atoms with E-state index in [1.165, 1.54) is 0 Å². The number of H-pyrrole nitrogens is 2. The summed E-state index contributed by atoms with van der Waals surface area (Å²) in [5.41, 5.74) is 4.92. The Hall–Kier alpha value is -4.59. The van der Waals surface area contributed by atoms with E-state index >= 15 is 0 Å². The number of carbonyl (C=O) groups is 1. The van der Waals surface area contributed by atoms with Crippen LogP contribution in [0.2, 0.25) is 0 Å². The SMILES string of the molecule is COc1ccc(C(C)(C)C)cc1NC(=O)Nc1ccc(-c2cnc3[nH]c(=O)[nH]c3c2)c2ccccc12. The second-order valence-corrected chi connectivity index (χ2v) is 9.65. The van der Waals surface area contributed by atoms with Crippen LogP contribution in [0.1, 0.15) is 26.3 Å². The Morgan fingerprint density at radius 2 is 1.67 bits per heavy atom. The average molecular weight is 482 g/mol. The van der Waals surface area contributed by atoms with E-state index in [1.54, 1.807) is 13.3 Å². The number of hydrogen-bond donors (Lipinski definition) is 4. The monoisotopic (exact) mass is 481 g/mol. The molecule has 0 saturated heterocycles. The van der Waals surface area contributed by atoms with Crippen molar-refractivity contribution in [1.82, 2.24) is 15.0 Å². The number of hydrogen-bond acceptors (Lipinski definition) is 4. The van der Waals surface area contributed by atoms with E-state index in [0.29, 0.717) is 28.3 Å². The van der Waals surface area contributed by atoms with Gasteiger partial charge in [0.1, 0.15) is 5.75 Å². The van der Waals surface area contributed by atoms with Gasteiger partial charge in [-0.3, -0.25) is 4.98 Å². The maximum atomic E-state index is 13.0. The van der Waals surface area contributed by atoms with Gasteiger partial charge in [0, 0.05) is 17.1 Å². The van der Waals surface area contributed by atoms with Crippen molar-refractivity contribution in [2.24, 2.45) is 0 Å². The summed E-state index contributed by atoms with van der Waals surface area (Å²) in [6.45, 7) is 6.36. The standard InChI is InChI=1S/C28H27N5O3/c1-28(2,3)17-9-12-24(36-4)22(14-17)31-26(34)30-21-11-10-18(19-7-5-6-8-20(19)21)16-13-23-25(29-15-16)33-27(35)32-23/h5-15H,1-4H3,(H2,30,31,34)(H2,29,32,33,35). The molecule has 8 heteroatoms. The van der Waals surface area contributed by atoms with Gasteiger partial charge < -0.3 is 20.4 Å². The Kier molecular flexibility index (Phi) is 5.72. The lowest BCUT2D eigenvalue weighted by molar-refractivity contribution is 0.262. The Morgan fingerprint density at radius 1 is 0.917 bits per heavy atom. The van der Waals surface area contributed by atoms with Crippen molar-refractivity contribution >= 4 is 39.3 Å². The van der Waals surface area contributed by atoms with E-state index in [4.69, 9.17) is 4.74 Å². The summed E-state index contributed by atoms with van der Waals surface area (Å²) < 4.78 is 5.46. The minimum Gasteiger partial charge on any atom is -0.495 e. The number of aromatic nitrogens is 3. The van der Waals surface area contributed by atoms with Crippen molar-refractivity contribution in [1.29, 1.82) is 0 Å². The van der Waals surface area contributed by atoms with E-state index in [0.717, 1.165) is 27.5 Å². The number of pyridine rings is 1. The highest BCUT2D eigenvalue weighted by molar-refractivity contribution is 6.10. The third-order valence-corrected chi connectivity index (χ3v) is 6.16. The smallest absolute Gasteiger partial charge is 0.325 e. The highest BCUT2D eigenvalue weighted by Crippen LogP contribution is 2.35. The van der Waals surface area contributed by atoms with Gasteiger partial charge in [0.05, 0.1) is 24.0 Å². The highest BCUT2D eigenvalue weighted by Gasteiger charge is 2.18. The second kappa shape index (κ2) is 8.88. The number of ether oxygens (including phenoxy) is 1. The zero-order valence-corrected chi connectivity index (χ0v) is 20.5. The van der Waals surface area contributed by atoms with Gasteiger partial charge in [0.2, 0.25) is 0 Å². The summed E-state index contributed by atoms with van der Waals surface area (Å²) >= 11 is 0. The Bertz CT molecular complexity index is 1660. The van der Waals surface area contributed by atoms with Crippen molar-refractivity contribution in [3.63, 3.8) is 0 Å². The number of methoxy groups -OCH3 is 1. The number of amides is 2. The van der Waals surface area contributed by atoms with Gasteiger partial charge in [-0.25, -0.2) is 14.6 Å². The van der Waals surface area contributed by atoms with E-state index < -0.39 is 0 Å². The van der Waals surface area contributed by atoms with Crippen LogP contribution < -0.4 is 21.1 Å². The number of benzene rings is 3. The van der Waals surface area contributed by atoms with Gasteiger partial charge in [-0.1, -0.05) is 57.2 Å². The Labute approximate surface area is 207 Å². The molecule has 0 spiro atoms. The molecular formula is C28H27N5O3. The van der Waals surface area contributed by atoms with Crippen LogP contribution in [0, 0.1) is 0 Å². The van der Waals surface area contributed by atoms with E-state index in [-0.39, 0.29) is 17.1 Å².